The molecule has 1 aromatic heterocycles. The van der Waals surface area contributed by atoms with Crippen LogP contribution in [0.1, 0.15) is 5.56 Å². The molecule has 0 unspecified atom stereocenters. The fraction of sp³-hybridized carbons (Fsp3) is 0.167. The highest BCUT2D eigenvalue weighted by molar-refractivity contribution is 6.31. The predicted octanol–water partition coefficient (Wildman–Crippen LogP) is 3.82. The van der Waals surface area contributed by atoms with Crippen molar-refractivity contribution in [2.75, 3.05) is 7.11 Å². The van der Waals surface area contributed by atoms with E-state index in [9.17, 15) is 13.2 Å². The van der Waals surface area contributed by atoms with Crippen LogP contribution in [0.2, 0.25) is 5.15 Å². The zero-order chi connectivity index (χ0) is 14.0. The molecule has 0 radical (unpaired) electrons. The van der Waals surface area contributed by atoms with Crippen LogP contribution in [0.4, 0.5) is 13.2 Å². The topological polar surface area (TPSA) is 35.0 Å². The largest absolute Gasteiger partial charge is 0.491 e. The Morgan fingerprint density at radius 2 is 1.74 bits per heavy atom. The summed E-state index contributed by atoms with van der Waals surface area (Å²) in [5, 5.41) is 0.104. The van der Waals surface area contributed by atoms with Crippen LogP contribution < -0.4 is 4.74 Å². The number of hydrogen-bond donors (Lipinski definition) is 0. The van der Waals surface area contributed by atoms with E-state index in [-0.39, 0.29) is 10.9 Å². The SMILES string of the molecule is COc1c(Cl)ncnc1-c1ccc(C(F)(F)F)cc1. The normalized spacial score (nSPS) is 11.4. The van der Waals surface area contributed by atoms with Gasteiger partial charge in [0.1, 0.15) is 12.0 Å². The molecule has 19 heavy (non-hydrogen) atoms. The maximum Gasteiger partial charge on any atom is 0.416 e. The molecule has 2 aromatic rings. The van der Waals surface area contributed by atoms with Crippen LogP contribution in [-0.2, 0) is 6.18 Å². The van der Waals surface area contributed by atoms with Gasteiger partial charge in [0.2, 0.25) is 0 Å². The number of benzene rings is 1. The molecule has 0 spiro atoms. The van der Waals surface area contributed by atoms with Gasteiger partial charge >= 0.3 is 6.18 Å². The maximum absolute atomic E-state index is 12.5. The highest BCUT2D eigenvalue weighted by Gasteiger charge is 2.30. The van der Waals surface area contributed by atoms with Crippen molar-refractivity contribution in [1.29, 1.82) is 0 Å². The van der Waals surface area contributed by atoms with E-state index < -0.39 is 11.7 Å². The number of ether oxygens (including phenoxy) is 1. The zero-order valence-electron chi connectivity index (χ0n) is 9.70. The lowest BCUT2D eigenvalue weighted by Crippen LogP contribution is -2.04. The number of halogens is 4. The molecule has 0 fully saturated rings. The van der Waals surface area contributed by atoms with Crippen LogP contribution in [0.25, 0.3) is 11.3 Å². The Hall–Kier alpha value is -1.82. The van der Waals surface area contributed by atoms with E-state index in [1.165, 1.54) is 25.6 Å². The molecule has 2 rings (SSSR count). The number of nitrogens with zero attached hydrogens (tertiary/aromatic N) is 2. The van der Waals surface area contributed by atoms with E-state index in [4.69, 9.17) is 16.3 Å². The Labute approximate surface area is 112 Å². The number of rotatable bonds is 2. The molecule has 0 aliphatic carbocycles. The third-order valence-electron chi connectivity index (χ3n) is 2.45. The zero-order valence-corrected chi connectivity index (χ0v) is 10.5. The second-order valence-electron chi connectivity index (χ2n) is 3.62. The van der Waals surface area contributed by atoms with Gasteiger partial charge in [-0.15, -0.1) is 0 Å². The molecule has 100 valence electrons. The van der Waals surface area contributed by atoms with Crippen LogP contribution in [0.15, 0.2) is 30.6 Å². The van der Waals surface area contributed by atoms with Gasteiger partial charge in [-0.1, -0.05) is 23.7 Å². The Morgan fingerprint density at radius 1 is 1.11 bits per heavy atom. The van der Waals surface area contributed by atoms with Crippen molar-refractivity contribution in [3.8, 4) is 17.0 Å². The number of hydrogen-bond acceptors (Lipinski definition) is 3. The molecule has 7 heteroatoms. The van der Waals surface area contributed by atoms with Gasteiger partial charge in [-0.2, -0.15) is 13.2 Å². The summed E-state index contributed by atoms with van der Waals surface area (Å²) in [4.78, 5) is 7.71. The van der Waals surface area contributed by atoms with Gasteiger partial charge in [0, 0.05) is 5.56 Å². The second kappa shape index (κ2) is 5.05. The third kappa shape index (κ3) is 2.78. The monoisotopic (exact) mass is 288 g/mol. The van der Waals surface area contributed by atoms with Gasteiger partial charge in [0.05, 0.1) is 12.7 Å². The third-order valence-corrected chi connectivity index (χ3v) is 2.72. The lowest BCUT2D eigenvalue weighted by Gasteiger charge is -2.10. The minimum atomic E-state index is -4.37. The Kier molecular flexibility index (Phi) is 3.61. The molecular weight excluding hydrogens is 281 g/mol. The van der Waals surface area contributed by atoms with Gasteiger partial charge < -0.3 is 4.74 Å². The Morgan fingerprint density at radius 3 is 2.26 bits per heavy atom. The van der Waals surface area contributed by atoms with Crippen LogP contribution in [0, 0.1) is 0 Å². The van der Waals surface area contributed by atoms with Crippen molar-refractivity contribution in [2.24, 2.45) is 0 Å². The van der Waals surface area contributed by atoms with Gasteiger partial charge in [-0.05, 0) is 12.1 Å². The standard InChI is InChI=1S/C12H8ClF3N2O/c1-19-10-9(17-6-18-11(10)13)7-2-4-8(5-3-7)12(14,15)16/h2-6H,1H3. The average Bonchev–Trinajstić information content (AvgIpc) is 2.37. The number of alkyl halides is 3. The van der Waals surface area contributed by atoms with Gasteiger partial charge in [0.25, 0.3) is 0 Å². The molecule has 1 aromatic carbocycles. The fourth-order valence-corrected chi connectivity index (χ4v) is 1.77. The molecule has 3 nitrogen and oxygen atoms in total. The summed E-state index contributed by atoms with van der Waals surface area (Å²) in [6.07, 6.45) is -3.15. The maximum atomic E-state index is 12.5. The minimum Gasteiger partial charge on any atom is -0.491 e. The van der Waals surface area contributed by atoms with Crippen molar-refractivity contribution in [3.05, 3.63) is 41.3 Å². The summed E-state index contributed by atoms with van der Waals surface area (Å²) >= 11 is 5.83. The molecule has 0 aliphatic heterocycles. The van der Waals surface area contributed by atoms with Crippen molar-refractivity contribution >= 4 is 11.6 Å². The highest BCUT2D eigenvalue weighted by atomic mass is 35.5. The van der Waals surface area contributed by atoms with Crippen molar-refractivity contribution < 1.29 is 17.9 Å². The van der Waals surface area contributed by atoms with E-state index in [2.05, 4.69) is 9.97 Å². The van der Waals surface area contributed by atoms with E-state index in [0.717, 1.165) is 12.1 Å². The molecule has 0 aliphatic rings. The Bertz CT molecular complexity index is 585. The van der Waals surface area contributed by atoms with Crippen LogP contribution in [0.3, 0.4) is 0 Å². The van der Waals surface area contributed by atoms with Crippen LogP contribution >= 0.6 is 11.6 Å². The first-order valence-corrected chi connectivity index (χ1v) is 5.53. The van der Waals surface area contributed by atoms with Gasteiger partial charge in [0.15, 0.2) is 10.9 Å². The molecule has 0 amide bonds. The summed E-state index contributed by atoms with van der Waals surface area (Å²) < 4.78 is 42.4. The highest BCUT2D eigenvalue weighted by Crippen LogP contribution is 2.35. The first-order chi connectivity index (χ1) is 8.93. The minimum absolute atomic E-state index is 0.104. The molecule has 0 saturated carbocycles. The summed E-state index contributed by atoms with van der Waals surface area (Å²) in [7, 11) is 1.39. The molecule has 0 atom stereocenters. The molecule has 1 heterocycles. The smallest absolute Gasteiger partial charge is 0.416 e. The first-order valence-electron chi connectivity index (χ1n) is 5.15. The molecule has 0 saturated heterocycles. The fourth-order valence-electron chi connectivity index (χ4n) is 1.56. The van der Waals surface area contributed by atoms with Crippen LogP contribution in [0.5, 0.6) is 5.75 Å². The van der Waals surface area contributed by atoms with E-state index in [0.29, 0.717) is 11.3 Å². The van der Waals surface area contributed by atoms with Crippen LogP contribution in [-0.4, -0.2) is 17.1 Å². The number of aromatic nitrogens is 2. The van der Waals surface area contributed by atoms with Gasteiger partial charge in [-0.3, -0.25) is 0 Å². The quantitative estimate of drug-likeness (QED) is 0.788. The summed E-state index contributed by atoms with van der Waals surface area (Å²) in [5.74, 6) is 0.226. The average molecular weight is 289 g/mol. The van der Waals surface area contributed by atoms with Crippen molar-refractivity contribution in [3.63, 3.8) is 0 Å². The van der Waals surface area contributed by atoms with Crippen molar-refractivity contribution in [1.82, 2.24) is 9.97 Å². The second-order valence-corrected chi connectivity index (χ2v) is 3.98. The van der Waals surface area contributed by atoms with E-state index in [1.807, 2.05) is 0 Å². The lowest BCUT2D eigenvalue weighted by atomic mass is 10.1. The van der Waals surface area contributed by atoms with E-state index in [1.54, 1.807) is 0 Å². The summed E-state index contributed by atoms with van der Waals surface area (Å²) in [6.45, 7) is 0. The molecule has 0 N–H and O–H groups in total. The first kappa shape index (κ1) is 13.6. The molecular formula is C12H8ClF3N2O. The van der Waals surface area contributed by atoms with E-state index >= 15 is 0 Å². The van der Waals surface area contributed by atoms with Gasteiger partial charge in [-0.25, -0.2) is 9.97 Å². The lowest BCUT2D eigenvalue weighted by molar-refractivity contribution is -0.137. The predicted molar refractivity (Wildman–Crippen MR) is 64.0 cm³/mol. The number of methoxy groups -OCH3 is 1. The summed E-state index contributed by atoms with van der Waals surface area (Å²) in [5.41, 5.74) is 0.0840. The Balaban J connectivity index is 2.46. The summed E-state index contributed by atoms with van der Waals surface area (Å²) in [6, 6.07) is 4.57. The van der Waals surface area contributed by atoms with Crippen molar-refractivity contribution in [2.45, 2.75) is 6.18 Å². The molecule has 0 bridgehead atoms.